The number of carbonyl (C=O) groups excluding carboxylic acids is 1. The van der Waals surface area contributed by atoms with E-state index in [1.165, 1.54) is 0 Å². The number of hydrogen-bond donors (Lipinski definition) is 2. The first kappa shape index (κ1) is 13.9. The zero-order valence-electron chi connectivity index (χ0n) is 8.80. The number of hydrogen-bond acceptors (Lipinski definition) is 5. The minimum atomic E-state index is -1.34. The van der Waals surface area contributed by atoms with Gasteiger partial charge >= 0.3 is 11.9 Å². The standard InChI is InChI=1S/C9H16O6/c1-3-15-5-6(10)4-7(8(11)12)9(13)14-2/h6-7,10H,3-5H2,1-2H3,(H,11,12). The van der Waals surface area contributed by atoms with Crippen molar-refractivity contribution >= 4 is 11.9 Å². The van der Waals surface area contributed by atoms with Crippen molar-refractivity contribution in [1.29, 1.82) is 0 Å². The third kappa shape index (κ3) is 5.34. The van der Waals surface area contributed by atoms with Gasteiger partial charge in [-0.15, -0.1) is 0 Å². The number of rotatable bonds is 7. The molecule has 88 valence electrons. The Hall–Kier alpha value is -1.14. The van der Waals surface area contributed by atoms with Crippen molar-refractivity contribution < 1.29 is 29.3 Å². The van der Waals surface area contributed by atoms with Crippen LogP contribution >= 0.6 is 0 Å². The maximum Gasteiger partial charge on any atom is 0.320 e. The molecule has 0 aliphatic heterocycles. The predicted octanol–water partition coefficient (Wildman–Crippen LogP) is -0.352. The second-order valence-corrected chi connectivity index (χ2v) is 2.96. The van der Waals surface area contributed by atoms with E-state index in [-0.39, 0.29) is 13.0 Å². The predicted molar refractivity (Wildman–Crippen MR) is 50.3 cm³/mol. The van der Waals surface area contributed by atoms with Crippen LogP contribution in [0.3, 0.4) is 0 Å². The number of ether oxygens (including phenoxy) is 2. The highest BCUT2D eigenvalue weighted by Crippen LogP contribution is 2.09. The fraction of sp³-hybridized carbons (Fsp3) is 0.778. The van der Waals surface area contributed by atoms with Gasteiger partial charge in [0.15, 0.2) is 5.92 Å². The Morgan fingerprint density at radius 2 is 2.00 bits per heavy atom. The molecule has 2 unspecified atom stereocenters. The van der Waals surface area contributed by atoms with E-state index in [0.29, 0.717) is 6.61 Å². The maximum atomic E-state index is 11.0. The van der Waals surface area contributed by atoms with Gasteiger partial charge in [-0.25, -0.2) is 0 Å². The van der Waals surface area contributed by atoms with Crippen LogP contribution in [0.25, 0.3) is 0 Å². The molecule has 0 bridgehead atoms. The van der Waals surface area contributed by atoms with E-state index in [1.54, 1.807) is 6.92 Å². The van der Waals surface area contributed by atoms with Crippen LogP contribution in [0.2, 0.25) is 0 Å². The van der Waals surface area contributed by atoms with Gasteiger partial charge in [-0.3, -0.25) is 9.59 Å². The first-order chi connectivity index (χ1) is 7.02. The van der Waals surface area contributed by atoms with Gasteiger partial charge in [0.2, 0.25) is 0 Å². The highest BCUT2D eigenvalue weighted by Gasteiger charge is 2.29. The zero-order valence-corrected chi connectivity index (χ0v) is 8.80. The van der Waals surface area contributed by atoms with Crippen molar-refractivity contribution in [3.05, 3.63) is 0 Å². The van der Waals surface area contributed by atoms with E-state index in [1.807, 2.05) is 0 Å². The van der Waals surface area contributed by atoms with Gasteiger partial charge in [0.25, 0.3) is 0 Å². The third-order valence-electron chi connectivity index (χ3n) is 1.81. The Morgan fingerprint density at radius 3 is 2.40 bits per heavy atom. The molecule has 0 saturated carbocycles. The summed E-state index contributed by atoms with van der Waals surface area (Å²) in [6.07, 6.45) is -1.19. The average Bonchev–Trinajstić information content (AvgIpc) is 2.21. The molecule has 0 aromatic rings. The fourth-order valence-electron chi connectivity index (χ4n) is 1.03. The largest absolute Gasteiger partial charge is 0.481 e. The summed E-state index contributed by atoms with van der Waals surface area (Å²) in [6, 6.07) is 0. The molecule has 0 radical (unpaired) electrons. The number of carboxylic acids is 1. The lowest BCUT2D eigenvalue weighted by Gasteiger charge is -2.14. The van der Waals surface area contributed by atoms with Gasteiger partial charge in [0, 0.05) is 6.61 Å². The van der Waals surface area contributed by atoms with E-state index in [0.717, 1.165) is 7.11 Å². The molecule has 15 heavy (non-hydrogen) atoms. The molecular weight excluding hydrogens is 204 g/mol. The highest BCUT2D eigenvalue weighted by molar-refractivity contribution is 5.93. The summed E-state index contributed by atoms with van der Waals surface area (Å²) in [7, 11) is 1.10. The Bertz CT molecular complexity index is 215. The topological polar surface area (TPSA) is 93.1 Å². The molecule has 2 N–H and O–H groups in total. The molecule has 6 heteroatoms. The molecule has 0 heterocycles. The van der Waals surface area contributed by atoms with Crippen molar-refractivity contribution in [1.82, 2.24) is 0 Å². The molecule has 0 aromatic heterocycles. The first-order valence-corrected chi connectivity index (χ1v) is 4.59. The van der Waals surface area contributed by atoms with E-state index < -0.39 is 24.0 Å². The molecule has 6 nitrogen and oxygen atoms in total. The summed E-state index contributed by atoms with van der Waals surface area (Å²) >= 11 is 0. The summed E-state index contributed by atoms with van der Waals surface area (Å²) < 4.78 is 9.20. The fourth-order valence-corrected chi connectivity index (χ4v) is 1.03. The minimum Gasteiger partial charge on any atom is -0.481 e. The van der Waals surface area contributed by atoms with E-state index in [2.05, 4.69) is 4.74 Å². The molecule has 0 aliphatic rings. The van der Waals surface area contributed by atoms with Gasteiger partial charge < -0.3 is 19.7 Å². The quantitative estimate of drug-likeness (QED) is 0.450. The van der Waals surface area contributed by atoms with Crippen molar-refractivity contribution in [2.45, 2.75) is 19.4 Å². The van der Waals surface area contributed by atoms with Crippen LogP contribution in [0.5, 0.6) is 0 Å². The molecule has 0 spiro atoms. The van der Waals surface area contributed by atoms with E-state index in [9.17, 15) is 14.7 Å². The van der Waals surface area contributed by atoms with Gasteiger partial charge in [-0.05, 0) is 13.3 Å². The number of carbonyl (C=O) groups is 2. The lowest BCUT2D eigenvalue weighted by atomic mass is 10.0. The average molecular weight is 220 g/mol. The monoisotopic (exact) mass is 220 g/mol. The molecule has 0 saturated heterocycles. The molecule has 0 fully saturated rings. The van der Waals surface area contributed by atoms with Gasteiger partial charge in [0.05, 0.1) is 19.8 Å². The van der Waals surface area contributed by atoms with Crippen molar-refractivity contribution in [3.8, 4) is 0 Å². The summed E-state index contributed by atoms with van der Waals surface area (Å²) in [5.74, 6) is -3.51. The van der Waals surface area contributed by atoms with E-state index in [4.69, 9.17) is 9.84 Å². The van der Waals surface area contributed by atoms with Gasteiger partial charge in [-0.2, -0.15) is 0 Å². The first-order valence-electron chi connectivity index (χ1n) is 4.59. The second kappa shape index (κ2) is 7.19. The normalized spacial score (nSPS) is 14.3. The van der Waals surface area contributed by atoms with Crippen LogP contribution in [0, 0.1) is 5.92 Å². The number of aliphatic hydroxyl groups excluding tert-OH is 1. The molecule has 0 rings (SSSR count). The van der Waals surface area contributed by atoms with Crippen molar-refractivity contribution in [2.24, 2.45) is 5.92 Å². The molecule has 0 aromatic carbocycles. The third-order valence-corrected chi connectivity index (χ3v) is 1.81. The summed E-state index contributed by atoms with van der Waals surface area (Å²) in [4.78, 5) is 21.7. The zero-order chi connectivity index (χ0) is 11.8. The summed E-state index contributed by atoms with van der Waals surface area (Å²) in [6.45, 7) is 2.19. The molecule has 2 atom stereocenters. The second-order valence-electron chi connectivity index (χ2n) is 2.96. The lowest BCUT2D eigenvalue weighted by molar-refractivity contribution is -0.158. The smallest absolute Gasteiger partial charge is 0.320 e. The van der Waals surface area contributed by atoms with Crippen molar-refractivity contribution in [2.75, 3.05) is 20.3 Å². The Morgan fingerprint density at radius 1 is 1.40 bits per heavy atom. The molecule has 0 amide bonds. The number of methoxy groups -OCH3 is 1. The Balaban J connectivity index is 4.16. The summed E-state index contributed by atoms with van der Waals surface area (Å²) in [5, 5.41) is 18.0. The summed E-state index contributed by atoms with van der Waals surface area (Å²) in [5.41, 5.74) is 0. The van der Waals surface area contributed by atoms with Crippen LogP contribution in [0.15, 0.2) is 0 Å². The van der Waals surface area contributed by atoms with Crippen molar-refractivity contribution in [3.63, 3.8) is 0 Å². The van der Waals surface area contributed by atoms with Gasteiger partial charge in [0.1, 0.15) is 0 Å². The van der Waals surface area contributed by atoms with E-state index >= 15 is 0 Å². The van der Waals surface area contributed by atoms with Crippen LogP contribution in [0.4, 0.5) is 0 Å². The number of esters is 1. The van der Waals surface area contributed by atoms with Crippen LogP contribution in [0.1, 0.15) is 13.3 Å². The molecule has 0 aliphatic carbocycles. The van der Waals surface area contributed by atoms with Crippen LogP contribution in [-0.2, 0) is 19.1 Å². The Labute approximate surface area is 87.8 Å². The highest BCUT2D eigenvalue weighted by atomic mass is 16.5. The lowest BCUT2D eigenvalue weighted by Crippen LogP contribution is -2.31. The Kier molecular flexibility index (Phi) is 6.64. The number of carboxylic acid groups (broad SMARTS) is 1. The minimum absolute atomic E-state index is 0.0112. The maximum absolute atomic E-state index is 11.0. The molecular formula is C9H16O6. The van der Waals surface area contributed by atoms with Crippen LogP contribution < -0.4 is 0 Å². The SMILES string of the molecule is CCOCC(O)CC(C(=O)O)C(=O)OC. The van der Waals surface area contributed by atoms with Crippen LogP contribution in [-0.4, -0.2) is 48.6 Å². The van der Waals surface area contributed by atoms with Gasteiger partial charge in [-0.1, -0.05) is 0 Å². The number of aliphatic carboxylic acids is 1. The number of aliphatic hydroxyl groups is 1.